The Morgan fingerprint density at radius 1 is 1.03 bits per heavy atom. The minimum Gasteiger partial charge on any atom is -0.354 e. The number of nitrogens with one attached hydrogen (secondary N) is 1. The van der Waals surface area contributed by atoms with Crippen LogP contribution in [0.5, 0.6) is 0 Å². The summed E-state index contributed by atoms with van der Waals surface area (Å²) in [4.78, 5) is 28.8. The maximum Gasteiger partial charge on any atom is 0.242 e. The Balaban J connectivity index is 2.12. The van der Waals surface area contributed by atoms with Crippen molar-refractivity contribution >= 4 is 23.6 Å². The second kappa shape index (κ2) is 12.3. The fourth-order valence-electron chi connectivity index (χ4n) is 3.17. The number of carbonyl (C=O) groups is 2. The second-order valence-corrected chi connectivity index (χ2v) is 8.24. The summed E-state index contributed by atoms with van der Waals surface area (Å²) in [7, 11) is 0. The average molecular weight is 413 g/mol. The average Bonchev–Trinajstić information content (AvgIpc) is 2.74. The summed E-state index contributed by atoms with van der Waals surface area (Å²) in [6.45, 7) is 7.12. The van der Waals surface area contributed by atoms with E-state index in [1.807, 2.05) is 75.4 Å². The molecule has 0 aliphatic heterocycles. The van der Waals surface area contributed by atoms with Gasteiger partial charge in [0.1, 0.15) is 6.04 Å². The highest BCUT2D eigenvalue weighted by Gasteiger charge is 2.28. The highest BCUT2D eigenvalue weighted by atomic mass is 32.2. The largest absolute Gasteiger partial charge is 0.354 e. The predicted octanol–water partition coefficient (Wildman–Crippen LogP) is 4.81. The molecule has 0 bridgehead atoms. The van der Waals surface area contributed by atoms with E-state index >= 15 is 0 Å². The van der Waals surface area contributed by atoms with E-state index in [1.165, 1.54) is 0 Å². The van der Waals surface area contributed by atoms with Crippen LogP contribution in [0.2, 0.25) is 0 Å². The summed E-state index contributed by atoms with van der Waals surface area (Å²) in [6.07, 6.45) is 1.88. The van der Waals surface area contributed by atoms with Crippen LogP contribution in [0.25, 0.3) is 0 Å². The molecule has 0 aromatic heterocycles. The Hall–Kier alpha value is -2.27. The quantitative estimate of drug-likeness (QED) is 0.539. The topological polar surface area (TPSA) is 49.4 Å². The van der Waals surface area contributed by atoms with Gasteiger partial charge >= 0.3 is 0 Å². The first-order valence-corrected chi connectivity index (χ1v) is 11.3. The van der Waals surface area contributed by atoms with Crippen molar-refractivity contribution < 1.29 is 9.59 Å². The minimum absolute atomic E-state index is 0.0233. The second-order valence-electron chi connectivity index (χ2n) is 7.07. The van der Waals surface area contributed by atoms with Crippen molar-refractivity contribution in [1.29, 1.82) is 0 Å². The van der Waals surface area contributed by atoms with Crippen molar-refractivity contribution in [3.8, 4) is 0 Å². The Kier molecular flexibility index (Phi) is 9.78. The zero-order valence-electron chi connectivity index (χ0n) is 17.7. The van der Waals surface area contributed by atoms with Gasteiger partial charge in [-0.15, -0.1) is 11.8 Å². The molecule has 0 spiro atoms. The molecule has 1 atom stereocenters. The molecule has 1 N–H and O–H groups in total. The summed E-state index contributed by atoms with van der Waals surface area (Å²) in [5.74, 6) is 0.655. The van der Waals surface area contributed by atoms with Crippen LogP contribution in [0, 0.1) is 6.92 Å². The molecule has 2 aromatic rings. The molecule has 0 fully saturated rings. The van der Waals surface area contributed by atoms with E-state index in [9.17, 15) is 9.59 Å². The number of aryl methyl sites for hydroxylation is 1. The van der Waals surface area contributed by atoms with Gasteiger partial charge in [0.15, 0.2) is 0 Å². The highest BCUT2D eigenvalue weighted by Crippen LogP contribution is 2.20. The van der Waals surface area contributed by atoms with E-state index < -0.39 is 6.04 Å². The van der Waals surface area contributed by atoms with Crippen LogP contribution in [0.3, 0.4) is 0 Å². The van der Waals surface area contributed by atoms with Crippen LogP contribution in [0.15, 0.2) is 59.5 Å². The molecule has 0 radical (unpaired) electrons. The van der Waals surface area contributed by atoms with Gasteiger partial charge in [-0.3, -0.25) is 9.59 Å². The third-order valence-corrected chi connectivity index (χ3v) is 5.88. The molecule has 2 amide bonds. The van der Waals surface area contributed by atoms with E-state index in [2.05, 4.69) is 5.32 Å². The lowest BCUT2D eigenvalue weighted by molar-refractivity contribution is -0.141. The molecular formula is C24H32N2O2S. The zero-order valence-corrected chi connectivity index (χ0v) is 18.5. The first-order chi connectivity index (χ1) is 14.1. The standard InChI is InChI=1S/C24H32N2O2S/c1-4-16-25-24(28)22(5-2)26(18-20-12-10-9-11-19(20)3)23(27)15-17-29-21-13-7-6-8-14-21/h6-14,22H,4-5,15-18H2,1-3H3,(H,25,28)/t22-/m1/s1. The highest BCUT2D eigenvalue weighted by molar-refractivity contribution is 7.99. The summed E-state index contributed by atoms with van der Waals surface area (Å²) < 4.78 is 0. The van der Waals surface area contributed by atoms with Crippen LogP contribution in [0.1, 0.15) is 44.2 Å². The zero-order chi connectivity index (χ0) is 21.1. The van der Waals surface area contributed by atoms with Gasteiger partial charge in [-0.25, -0.2) is 0 Å². The molecule has 0 heterocycles. The van der Waals surface area contributed by atoms with Crippen LogP contribution in [0.4, 0.5) is 0 Å². The molecule has 2 rings (SSSR count). The molecular weight excluding hydrogens is 380 g/mol. The van der Waals surface area contributed by atoms with Crippen LogP contribution in [-0.4, -0.2) is 35.1 Å². The van der Waals surface area contributed by atoms with Crippen molar-refractivity contribution in [1.82, 2.24) is 10.2 Å². The van der Waals surface area contributed by atoms with E-state index in [4.69, 9.17) is 0 Å². The van der Waals surface area contributed by atoms with Gasteiger partial charge in [0.05, 0.1) is 0 Å². The SMILES string of the molecule is CCCNC(=O)[C@@H](CC)N(Cc1ccccc1C)C(=O)CCSc1ccccc1. The molecule has 156 valence electrons. The van der Waals surface area contributed by atoms with Gasteiger partial charge in [0.2, 0.25) is 11.8 Å². The van der Waals surface area contributed by atoms with Gasteiger partial charge in [-0.05, 0) is 43.0 Å². The maximum atomic E-state index is 13.2. The van der Waals surface area contributed by atoms with Crippen molar-refractivity contribution in [2.24, 2.45) is 0 Å². The summed E-state index contributed by atoms with van der Waals surface area (Å²) >= 11 is 1.67. The number of benzene rings is 2. The Labute approximate surface area is 179 Å². The first kappa shape index (κ1) is 23.0. The maximum absolute atomic E-state index is 13.2. The van der Waals surface area contributed by atoms with Gasteiger partial charge in [-0.1, -0.05) is 56.3 Å². The van der Waals surface area contributed by atoms with Gasteiger partial charge < -0.3 is 10.2 Å². The summed E-state index contributed by atoms with van der Waals surface area (Å²) in [5, 5.41) is 2.96. The minimum atomic E-state index is -0.449. The number of thioether (sulfide) groups is 1. The van der Waals surface area contributed by atoms with Crippen LogP contribution in [-0.2, 0) is 16.1 Å². The Bertz CT molecular complexity index is 779. The van der Waals surface area contributed by atoms with Crippen molar-refractivity contribution in [3.63, 3.8) is 0 Å². The molecule has 0 aliphatic rings. The Morgan fingerprint density at radius 2 is 1.72 bits per heavy atom. The molecule has 0 saturated carbocycles. The fourth-order valence-corrected chi connectivity index (χ4v) is 4.04. The van der Waals surface area contributed by atoms with E-state index in [-0.39, 0.29) is 11.8 Å². The van der Waals surface area contributed by atoms with Gasteiger partial charge in [0.25, 0.3) is 0 Å². The normalized spacial score (nSPS) is 11.7. The molecule has 4 nitrogen and oxygen atoms in total. The lowest BCUT2D eigenvalue weighted by Crippen LogP contribution is -2.49. The van der Waals surface area contributed by atoms with Crippen molar-refractivity contribution in [2.75, 3.05) is 12.3 Å². The number of nitrogens with zero attached hydrogens (tertiary/aromatic N) is 1. The summed E-state index contributed by atoms with van der Waals surface area (Å²) in [5.41, 5.74) is 2.21. The van der Waals surface area contributed by atoms with E-state index in [0.717, 1.165) is 22.4 Å². The van der Waals surface area contributed by atoms with Crippen molar-refractivity contribution in [2.45, 2.75) is 57.5 Å². The number of rotatable bonds is 11. The molecule has 5 heteroatoms. The third-order valence-electron chi connectivity index (χ3n) is 4.86. The van der Waals surface area contributed by atoms with Crippen LogP contribution >= 0.6 is 11.8 Å². The lowest BCUT2D eigenvalue weighted by atomic mass is 10.1. The molecule has 29 heavy (non-hydrogen) atoms. The van der Waals surface area contributed by atoms with E-state index in [0.29, 0.717) is 31.7 Å². The van der Waals surface area contributed by atoms with Gasteiger partial charge in [-0.2, -0.15) is 0 Å². The molecule has 0 saturated heterocycles. The monoisotopic (exact) mass is 412 g/mol. The molecule has 0 unspecified atom stereocenters. The van der Waals surface area contributed by atoms with Crippen LogP contribution < -0.4 is 5.32 Å². The molecule has 0 aliphatic carbocycles. The van der Waals surface area contributed by atoms with Gasteiger partial charge in [0, 0.05) is 30.2 Å². The predicted molar refractivity (Wildman–Crippen MR) is 121 cm³/mol. The number of hydrogen-bond acceptors (Lipinski definition) is 3. The first-order valence-electron chi connectivity index (χ1n) is 10.4. The Morgan fingerprint density at radius 3 is 2.38 bits per heavy atom. The van der Waals surface area contributed by atoms with Crippen molar-refractivity contribution in [3.05, 3.63) is 65.7 Å². The number of carbonyl (C=O) groups excluding carboxylic acids is 2. The number of amides is 2. The third kappa shape index (κ3) is 7.24. The molecule has 2 aromatic carbocycles. The lowest BCUT2D eigenvalue weighted by Gasteiger charge is -2.31. The summed E-state index contributed by atoms with van der Waals surface area (Å²) in [6, 6.07) is 17.7. The smallest absolute Gasteiger partial charge is 0.242 e. The number of hydrogen-bond donors (Lipinski definition) is 1. The van der Waals surface area contributed by atoms with E-state index in [1.54, 1.807) is 16.7 Å². The fraction of sp³-hybridized carbons (Fsp3) is 0.417.